The molecule has 2 N–H and O–H groups in total. The van der Waals surface area contributed by atoms with Crippen LogP contribution >= 0.6 is 0 Å². The van der Waals surface area contributed by atoms with Gasteiger partial charge in [0.1, 0.15) is 0 Å². The van der Waals surface area contributed by atoms with Gasteiger partial charge < -0.3 is 10.4 Å². The summed E-state index contributed by atoms with van der Waals surface area (Å²) in [5.41, 5.74) is -0.324. The predicted molar refractivity (Wildman–Crippen MR) is 80.4 cm³/mol. The second kappa shape index (κ2) is 10.4. The average Bonchev–Trinajstić information content (AvgIpc) is 2.40. The predicted octanol–water partition coefficient (Wildman–Crippen LogP) is 3.18. The Hall–Kier alpha value is -0.330. The maximum Gasteiger partial charge on any atom is 0.401 e. The van der Waals surface area contributed by atoms with Crippen LogP contribution in [0.2, 0.25) is 0 Å². The van der Waals surface area contributed by atoms with Crippen molar-refractivity contribution in [3.8, 4) is 0 Å². The fourth-order valence-electron chi connectivity index (χ4n) is 2.34. The standard InChI is InChI=1S/C15H31F3N2O/c1-4-9-19-14(3,13-21)8-6-7-11-20(10-5-2)12-15(16,17)18/h19,21H,4-13H2,1-3H3. The molecule has 1 atom stereocenters. The van der Waals surface area contributed by atoms with E-state index in [1.165, 1.54) is 4.90 Å². The molecular formula is C15H31F3N2O. The topological polar surface area (TPSA) is 35.5 Å². The summed E-state index contributed by atoms with van der Waals surface area (Å²) in [7, 11) is 0. The Morgan fingerprint density at radius 2 is 1.71 bits per heavy atom. The van der Waals surface area contributed by atoms with Crippen molar-refractivity contribution in [1.82, 2.24) is 10.2 Å². The average molecular weight is 312 g/mol. The highest BCUT2D eigenvalue weighted by Gasteiger charge is 2.30. The lowest BCUT2D eigenvalue weighted by molar-refractivity contribution is -0.146. The number of nitrogens with one attached hydrogen (secondary N) is 1. The van der Waals surface area contributed by atoms with Crippen LogP contribution < -0.4 is 5.32 Å². The second-order valence-electron chi connectivity index (χ2n) is 5.99. The Morgan fingerprint density at radius 3 is 2.19 bits per heavy atom. The summed E-state index contributed by atoms with van der Waals surface area (Å²) in [6, 6.07) is 0. The van der Waals surface area contributed by atoms with Gasteiger partial charge in [0.05, 0.1) is 13.2 Å². The van der Waals surface area contributed by atoms with E-state index >= 15 is 0 Å². The van der Waals surface area contributed by atoms with Gasteiger partial charge >= 0.3 is 6.18 Å². The number of hydrogen-bond donors (Lipinski definition) is 2. The van der Waals surface area contributed by atoms with Gasteiger partial charge in [0, 0.05) is 5.54 Å². The Labute approximate surface area is 126 Å². The molecule has 3 nitrogen and oxygen atoms in total. The largest absolute Gasteiger partial charge is 0.401 e. The summed E-state index contributed by atoms with van der Waals surface area (Å²) in [6.45, 7) is 6.91. The number of rotatable bonds is 12. The van der Waals surface area contributed by atoms with Crippen LogP contribution in [-0.4, -0.2) is 54.5 Å². The fourth-order valence-corrected chi connectivity index (χ4v) is 2.34. The van der Waals surface area contributed by atoms with Crippen molar-refractivity contribution >= 4 is 0 Å². The maximum absolute atomic E-state index is 12.4. The number of alkyl halides is 3. The minimum Gasteiger partial charge on any atom is -0.394 e. The maximum atomic E-state index is 12.4. The van der Waals surface area contributed by atoms with Gasteiger partial charge in [-0.3, -0.25) is 4.90 Å². The molecule has 0 spiro atoms. The lowest BCUT2D eigenvalue weighted by Gasteiger charge is -2.29. The Morgan fingerprint density at radius 1 is 1.05 bits per heavy atom. The molecule has 0 aliphatic heterocycles. The molecule has 0 radical (unpaired) electrons. The molecule has 0 bridgehead atoms. The first-order valence-electron chi connectivity index (χ1n) is 7.91. The third-order valence-electron chi connectivity index (χ3n) is 3.55. The molecule has 21 heavy (non-hydrogen) atoms. The zero-order valence-electron chi connectivity index (χ0n) is 13.6. The summed E-state index contributed by atoms with van der Waals surface area (Å²) in [5.74, 6) is 0. The van der Waals surface area contributed by atoms with E-state index < -0.39 is 12.7 Å². The van der Waals surface area contributed by atoms with Gasteiger partial charge in [0.15, 0.2) is 0 Å². The van der Waals surface area contributed by atoms with Crippen molar-refractivity contribution in [2.45, 2.75) is 64.6 Å². The highest BCUT2D eigenvalue weighted by molar-refractivity contribution is 4.82. The molecule has 0 saturated carbocycles. The summed E-state index contributed by atoms with van der Waals surface area (Å²) in [6.07, 6.45) is -0.105. The van der Waals surface area contributed by atoms with E-state index in [9.17, 15) is 18.3 Å². The van der Waals surface area contributed by atoms with Gasteiger partial charge in [-0.15, -0.1) is 0 Å². The molecule has 0 aromatic carbocycles. The summed E-state index contributed by atoms with van der Waals surface area (Å²) in [4.78, 5) is 1.47. The van der Waals surface area contributed by atoms with Crippen molar-refractivity contribution in [3.63, 3.8) is 0 Å². The van der Waals surface area contributed by atoms with Gasteiger partial charge in [-0.05, 0) is 52.2 Å². The van der Waals surface area contributed by atoms with Crippen molar-refractivity contribution < 1.29 is 18.3 Å². The van der Waals surface area contributed by atoms with Crippen molar-refractivity contribution in [2.24, 2.45) is 0 Å². The van der Waals surface area contributed by atoms with E-state index in [1.807, 2.05) is 13.8 Å². The Bertz CT molecular complexity index is 262. The molecule has 0 aliphatic rings. The highest BCUT2D eigenvalue weighted by atomic mass is 19.4. The van der Waals surface area contributed by atoms with Gasteiger partial charge in [0.2, 0.25) is 0 Å². The van der Waals surface area contributed by atoms with Crippen LogP contribution in [0, 0.1) is 0 Å². The Kier molecular flexibility index (Phi) is 10.2. The summed E-state index contributed by atoms with van der Waals surface area (Å²) < 4.78 is 37.3. The number of unbranched alkanes of at least 4 members (excludes halogenated alkanes) is 1. The molecular weight excluding hydrogens is 281 g/mol. The molecule has 0 rings (SSSR count). The zero-order chi connectivity index (χ0) is 16.4. The minimum absolute atomic E-state index is 0.0498. The van der Waals surface area contributed by atoms with E-state index in [4.69, 9.17) is 0 Å². The molecule has 0 heterocycles. The van der Waals surface area contributed by atoms with E-state index in [-0.39, 0.29) is 12.1 Å². The number of hydrogen-bond acceptors (Lipinski definition) is 3. The molecule has 0 saturated heterocycles. The van der Waals surface area contributed by atoms with Crippen molar-refractivity contribution in [2.75, 3.05) is 32.8 Å². The zero-order valence-corrected chi connectivity index (χ0v) is 13.6. The summed E-state index contributed by atoms with van der Waals surface area (Å²) >= 11 is 0. The molecule has 0 amide bonds. The lowest BCUT2D eigenvalue weighted by Crippen LogP contribution is -2.46. The first-order valence-corrected chi connectivity index (χ1v) is 7.91. The third-order valence-corrected chi connectivity index (χ3v) is 3.55. The van der Waals surface area contributed by atoms with Crippen molar-refractivity contribution in [1.29, 1.82) is 0 Å². The monoisotopic (exact) mass is 312 g/mol. The number of nitrogens with zero attached hydrogens (tertiary/aromatic N) is 1. The van der Waals surface area contributed by atoms with E-state index in [0.29, 0.717) is 13.1 Å². The first-order chi connectivity index (χ1) is 9.76. The van der Waals surface area contributed by atoms with Crippen molar-refractivity contribution in [3.05, 3.63) is 0 Å². The lowest BCUT2D eigenvalue weighted by atomic mass is 9.95. The summed E-state index contributed by atoms with van der Waals surface area (Å²) in [5, 5.41) is 12.7. The molecule has 0 aromatic rings. The van der Waals surface area contributed by atoms with Crippen LogP contribution in [0.4, 0.5) is 13.2 Å². The van der Waals surface area contributed by atoms with Crippen LogP contribution in [0.25, 0.3) is 0 Å². The fraction of sp³-hybridized carbons (Fsp3) is 1.00. The van der Waals surface area contributed by atoms with Crippen LogP contribution in [0.1, 0.15) is 52.9 Å². The molecule has 128 valence electrons. The number of aliphatic hydroxyl groups is 1. The van der Waals surface area contributed by atoms with Gasteiger partial charge in [0.25, 0.3) is 0 Å². The van der Waals surface area contributed by atoms with E-state index in [1.54, 1.807) is 0 Å². The molecule has 0 aliphatic carbocycles. The SMILES string of the molecule is CCCNC(C)(CO)CCCCN(CCC)CC(F)(F)F. The second-order valence-corrected chi connectivity index (χ2v) is 5.99. The van der Waals surface area contributed by atoms with Crippen LogP contribution in [-0.2, 0) is 0 Å². The number of aliphatic hydroxyl groups excluding tert-OH is 1. The van der Waals surface area contributed by atoms with Crippen LogP contribution in [0.15, 0.2) is 0 Å². The number of halogens is 3. The molecule has 6 heteroatoms. The highest BCUT2D eigenvalue weighted by Crippen LogP contribution is 2.18. The van der Waals surface area contributed by atoms with Gasteiger partial charge in [-0.2, -0.15) is 13.2 Å². The van der Waals surface area contributed by atoms with Gasteiger partial charge in [-0.1, -0.05) is 20.3 Å². The smallest absolute Gasteiger partial charge is 0.394 e. The molecule has 0 fully saturated rings. The Balaban J connectivity index is 4.07. The van der Waals surface area contributed by atoms with Crippen LogP contribution in [0.3, 0.4) is 0 Å². The molecule has 1 unspecified atom stereocenters. The molecule has 0 aromatic heterocycles. The minimum atomic E-state index is -4.13. The van der Waals surface area contributed by atoms with Gasteiger partial charge in [-0.25, -0.2) is 0 Å². The van der Waals surface area contributed by atoms with E-state index in [2.05, 4.69) is 12.2 Å². The first kappa shape index (κ1) is 20.7. The third kappa shape index (κ3) is 11.0. The normalized spacial score (nSPS) is 15.4. The van der Waals surface area contributed by atoms with E-state index in [0.717, 1.165) is 38.6 Å². The quantitative estimate of drug-likeness (QED) is 0.543. The van der Waals surface area contributed by atoms with Crippen LogP contribution in [0.5, 0.6) is 0 Å².